The molecule has 0 unspecified atom stereocenters. The van der Waals surface area contributed by atoms with E-state index < -0.39 is 18.7 Å². The Hall–Kier alpha value is -2.93. The summed E-state index contributed by atoms with van der Waals surface area (Å²) >= 11 is 0. The Balaban J connectivity index is 1.99. The van der Waals surface area contributed by atoms with Crippen LogP contribution in [-0.4, -0.2) is 41.1 Å². The summed E-state index contributed by atoms with van der Waals surface area (Å²) in [5.41, 5.74) is 2.31. The lowest BCUT2D eigenvalue weighted by molar-refractivity contribution is -0.152. The van der Waals surface area contributed by atoms with Crippen molar-refractivity contribution in [3.63, 3.8) is 0 Å². The summed E-state index contributed by atoms with van der Waals surface area (Å²) in [5, 5.41) is 9.99. The fourth-order valence-corrected chi connectivity index (χ4v) is 2.80. The van der Waals surface area contributed by atoms with Gasteiger partial charge in [0.1, 0.15) is 0 Å². The number of benzene rings is 1. The van der Waals surface area contributed by atoms with Crippen LogP contribution in [-0.2, 0) is 25.6 Å². The molecule has 0 amide bonds. The second kappa shape index (κ2) is 9.14. The fraction of sp³-hybridized carbons (Fsp3) is 0.350. The third kappa shape index (κ3) is 5.04. The Labute approximate surface area is 157 Å². The Morgan fingerprint density at radius 1 is 1.15 bits per heavy atom. The lowest BCUT2D eigenvalue weighted by Gasteiger charge is -2.11. The van der Waals surface area contributed by atoms with Gasteiger partial charge in [0.2, 0.25) is 5.78 Å². The number of rotatable bonds is 8. The highest BCUT2D eigenvalue weighted by molar-refractivity contribution is 5.99. The molecule has 27 heavy (non-hydrogen) atoms. The fourth-order valence-electron chi connectivity index (χ4n) is 2.80. The largest absolute Gasteiger partial charge is 0.469 e. The number of esters is 2. The van der Waals surface area contributed by atoms with E-state index in [0.29, 0.717) is 23.4 Å². The topological polar surface area (TPSA) is 94.8 Å². The van der Waals surface area contributed by atoms with E-state index in [2.05, 4.69) is 4.74 Å². The van der Waals surface area contributed by atoms with E-state index in [1.54, 1.807) is 43.3 Å². The molecule has 1 heterocycles. The molecule has 0 spiro atoms. The number of ether oxygens (including phenoxy) is 2. The maximum Gasteiger partial charge on any atom is 0.340 e. The Morgan fingerprint density at radius 2 is 1.81 bits per heavy atom. The molecule has 2 rings (SSSR count). The molecule has 0 bridgehead atoms. The average molecular weight is 373 g/mol. The molecular formula is C20H23NO6. The number of aliphatic hydroxyl groups is 1. The summed E-state index contributed by atoms with van der Waals surface area (Å²) in [5.74, 6) is -1.59. The maximum absolute atomic E-state index is 12.4. The van der Waals surface area contributed by atoms with Crippen molar-refractivity contribution in [2.24, 2.45) is 0 Å². The van der Waals surface area contributed by atoms with Gasteiger partial charge in [-0.15, -0.1) is 0 Å². The third-order valence-corrected chi connectivity index (χ3v) is 4.33. The average Bonchev–Trinajstić information content (AvgIpc) is 2.97. The molecule has 0 aliphatic heterocycles. The van der Waals surface area contributed by atoms with Gasteiger partial charge in [-0.25, -0.2) is 4.79 Å². The van der Waals surface area contributed by atoms with Gasteiger partial charge in [-0.05, 0) is 25.5 Å². The molecular weight excluding hydrogens is 350 g/mol. The number of ketones is 1. The molecule has 1 atom stereocenters. The zero-order valence-electron chi connectivity index (χ0n) is 15.6. The zero-order valence-corrected chi connectivity index (χ0v) is 15.6. The molecule has 1 aromatic carbocycles. The number of aliphatic hydroxyl groups excluding tert-OH is 1. The van der Waals surface area contributed by atoms with Gasteiger partial charge >= 0.3 is 11.9 Å². The van der Waals surface area contributed by atoms with Crippen LogP contribution in [0.1, 0.15) is 39.8 Å². The van der Waals surface area contributed by atoms with Crippen molar-refractivity contribution in [2.45, 2.75) is 32.9 Å². The number of methoxy groups -OCH3 is 1. The minimum absolute atomic E-state index is 0.193. The summed E-state index contributed by atoms with van der Waals surface area (Å²) in [6.45, 7) is 3.51. The van der Waals surface area contributed by atoms with Crippen molar-refractivity contribution in [3.05, 3.63) is 58.9 Å². The molecule has 0 saturated carbocycles. The van der Waals surface area contributed by atoms with Crippen LogP contribution in [0.4, 0.5) is 0 Å². The van der Waals surface area contributed by atoms with E-state index in [-0.39, 0.29) is 18.2 Å². The molecule has 0 fully saturated rings. The molecule has 144 valence electrons. The summed E-state index contributed by atoms with van der Waals surface area (Å²) in [6, 6.07) is 10.0. The van der Waals surface area contributed by atoms with E-state index in [4.69, 9.17) is 4.74 Å². The van der Waals surface area contributed by atoms with Crippen molar-refractivity contribution in [3.8, 4) is 0 Å². The maximum atomic E-state index is 12.4. The van der Waals surface area contributed by atoms with Gasteiger partial charge in [-0.1, -0.05) is 30.3 Å². The number of hydrogen-bond donors (Lipinski definition) is 1. The SMILES string of the molecule is COC(=O)CCn1c(C)cc(C(=O)COC(=O)[C@@H](O)c2ccccc2)c1C. The molecule has 2 aromatic rings. The molecule has 1 aromatic heterocycles. The highest BCUT2D eigenvalue weighted by atomic mass is 16.5. The summed E-state index contributed by atoms with van der Waals surface area (Å²) in [4.78, 5) is 35.7. The number of nitrogens with zero attached hydrogens (tertiary/aromatic N) is 1. The van der Waals surface area contributed by atoms with Gasteiger partial charge in [0.15, 0.2) is 12.7 Å². The molecule has 7 heteroatoms. The standard InChI is InChI=1S/C20H23NO6/c1-13-11-16(14(2)21(13)10-9-18(23)26-3)17(22)12-27-20(25)19(24)15-7-5-4-6-8-15/h4-8,11,19,24H,9-10,12H2,1-3H3/t19-/m0/s1. The van der Waals surface area contributed by atoms with E-state index in [1.165, 1.54) is 7.11 Å². The second-order valence-electron chi connectivity index (χ2n) is 6.11. The molecule has 0 saturated heterocycles. The van der Waals surface area contributed by atoms with Crippen molar-refractivity contribution in [1.29, 1.82) is 0 Å². The summed E-state index contributed by atoms with van der Waals surface area (Å²) in [6.07, 6.45) is -1.25. The first-order chi connectivity index (χ1) is 12.8. The van der Waals surface area contributed by atoms with Crippen LogP contribution in [0, 0.1) is 13.8 Å². The van der Waals surface area contributed by atoms with Gasteiger partial charge < -0.3 is 19.1 Å². The predicted molar refractivity (Wildman–Crippen MR) is 97.2 cm³/mol. The van der Waals surface area contributed by atoms with Crippen LogP contribution < -0.4 is 0 Å². The predicted octanol–water partition coefficient (Wildman–Crippen LogP) is 2.13. The molecule has 7 nitrogen and oxygen atoms in total. The van der Waals surface area contributed by atoms with Crippen LogP contribution in [0.15, 0.2) is 36.4 Å². The first-order valence-corrected chi connectivity index (χ1v) is 8.51. The van der Waals surface area contributed by atoms with E-state index in [1.807, 2.05) is 11.5 Å². The number of carbonyl (C=O) groups excluding carboxylic acids is 3. The van der Waals surface area contributed by atoms with E-state index in [0.717, 1.165) is 5.69 Å². The molecule has 1 N–H and O–H groups in total. The first kappa shape index (κ1) is 20.4. The van der Waals surface area contributed by atoms with Gasteiger partial charge in [0.05, 0.1) is 13.5 Å². The molecule has 0 radical (unpaired) electrons. The zero-order chi connectivity index (χ0) is 20.0. The highest BCUT2D eigenvalue weighted by Gasteiger charge is 2.22. The van der Waals surface area contributed by atoms with Crippen LogP contribution in [0.2, 0.25) is 0 Å². The van der Waals surface area contributed by atoms with Crippen LogP contribution in [0.3, 0.4) is 0 Å². The molecule has 0 aliphatic carbocycles. The Bertz CT molecular complexity index is 824. The van der Waals surface area contributed by atoms with Gasteiger partial charge in [0.25, 0.3) is 0 Å². The van der Waals surface area contributed by atoms with Crippen molar-refractivity contribution < 1.29 is 29.0 Å². The second-order valence-corrected chi connectivity index (χ2v) is 6.11. The number of hydrogen-bond acceptors (Lipinski definition) is 6. The Morgan fingerprint density at radius 3 is 2.44 bits per heavy atom. The third-order valence-electron chi connectivity index (χ3n) is 4.33. The lowest BCUT2D eigenvalue weighted by Crippen LogP contribution is -2.20. The number of aryl methyl sites for hydroxylation is 1. The minimum Gasteiger partial charge on any atom is -0.469 e. The summed E-state index contributed by atoms with van der Waals surface area (Å²) in [7, 11) is 1.32. The monoisotopic (exact) mass is 373 g/mol. The molecule has 0 aliphatic rings. The van der Waals surface area contributed by atoms with Crippen molar-refractivity contribution in [1.82, 2.24) is 4.57 Å². The van der Waals surface area contributed by atoms with Crippen molar-refractivity contribution in [2.75, 3.05) is 13.7 Å². The number of Topliss-reactive ketones (excluding diaryl/α,β-unsaturated/α-hetero) is 1. The van der Waals surface area contributed by atoms with Crippen molar-refractivity contribution >= 4 is 17.7 Å². The van der Waals surface area contributed by atoms with E-state index >= 15 is 0 Å². The quantitative estimate of drug-likeness (QED) is 0.563. The first-order valence-electron chi connectivity index (χ1n) is 8.51. The van der Waals surface area contributed by atoms with Crippen LogP contribution in [0.5, 0.6) is 0 Å². The number of aromatic nitrogens is 1. The normalized spacial score (nSPS) is 11.7. The smallest absolute Gasteiger partial charge is 0.340 e. The van der Waals surface area contributed by atoms with Crippen LogP contribution in [0.25, 0.3) is 0 Å². The van der Waals surface area contributed by atoms with Gasteiger partial charge in [-0.3, -0.25) is 9.59 Å². The van der Waals surface area contributed by atoms with E-state index in [9.17, 15) is 19.5 Å². The Kier molecular flexibility index (Phi) is 6.90. The minimum atomic E-state index is -1.44. The highest BCUT2D eigenvalue weighted by Crippen LogP contribution is 2.18. The van der Waals surface area contributed by atoms with Gasteiger partial charge in [-0.2, -0.15) is 0 Å². The lowest BCUT2D eigenvalue weighted by atomic mass is 10.1. The number of carbonyl (C=O) groups is 3. The van der Waals surface area contributed by atoms with Gasteiger partial charge in [0, 0.05) is 23.5 Å². The van der Waals surface area contributed by atoms with Crippen LogP contribution >= 0.6 is 0 Å². The summed E-state index contributed by atoms with van der Waals surface area (Å²) < 4.78 is 11.4.